The lowest BCUT2D eigenvalue weighted by Gasteiger charge is -2.23. The fourth-order valence-corrected chi connectivity index (χ4v) is 3.74. The van der Waals surface area contributed by atoms with Crippen LogP contribution in [0.25, 0.3) is 0 Å². The molecule has 0 saturated heterocycles. The molecule has 0 spiro atoms. The summed E-state index contributed by atoms with van der Waals surface area (Å²) >= 11 is 0. The molecule has 7 nitrogen and oxygen atoms in total. The maximum absolute atomic E-state index is 12.5. The van der Waals surface area contributed by atoms with Gasteiger partial charge in [0.1, 0.15) is 0 Å². The van der Waals surface area contributed by atoms with E-state index in [1.165, 1.54) is 28.6 Å². The molecule has 1 aromatic rings. The van der Waals surface area contributed by atoms with E-state index in [-0.39, 0.29) is 16.4 Å². The largest absolute Gasteiger partial charge is 0.548 e. The zero-order valence-corrected chi connectivity index (χ0v) is 15.1. The average molecular weight is 355 g/mol. The highest BCUT2D eigenvalue weighted by Crippen LogP contribution is 2.17. The van der Waals surface area contributed by atoms with Crippen LogP contribution in [0.5, 0.6) is 0 Å². The predicted molar refractivity (Wildman–Crippen MR) is 87.6 cm³/mol. The number of aliphatic carboxylic acids is 1. The van der Waals surface area contributed by atoms with Crippen LogP contribution in [0.2, 0.25) is 0 Å². The van der Waals surface area contributed by atoms with Crippen LogP contribution in [0, 0.1) is 5.92 Å². The Balaban J connectivity index is 3.12. The van der Waals surface area contributed by atoms with Crippen molar-refractivity contribution in [3.05, 3.63) is 29.8 Å². The fourth-order valence-electron chi connectivity index (χ4n) is 2.23. The van der Waals surface area contributed by atoms with Gasteiger partial charge >= 0.3 is 0 Å². The molecule has 0 bridgehead atoms. The summed E-state index contributed by atoms with van der Waals surface area (Å²) in [6, 6.07) is 4.39. The first-order chi connectivity index (χ1) is 11.1. The summed E-state index contributed by atoms with van der Waals surface area (Å²) in [5.74, 6) is -2.40. The number of benzene rings is 1. The van der Waals surface area contributed by atoms with E-state index in [4.69, 9.17) is 0 Å². The van der Waals surface area contributed by atoms with E-state index in [1.54, 1.807) is 27.7 Å². The van der Waals surface area contributed by atoms with Gasteiger partial charge in [-0.2, -0.15) is 4.31 Å². The molecule has 0 aromatic heterocycles. The molecule has 0 radical (unpaired) electrons. The summed E-state index contributed by atoms with van der Waals surface area (Å²) in [6.45, 7) is 7.37. The van der Waals surface area contributed by atoms with Gasteiger partial charge in [-0.25, -0.2) is 8.42 Å². The number of rotatable bonds is 8. The molecular weight excluding hydrogens is 332 g/mol. The third-order valence-corrected chi connectivity index (χ3v) is 5.69. The van der Waals surface area contributed by atoms with Crippen molar-refractivity contribution < 1.29 is 23.1 Å². The van der Waals surface area contributed by atoms with Gasteiger partial charge in [-0.05, 0) is 24.1 Å². The number of carboxylic acid groups (broad SMARTS) is 1. The van der Waals surface area contributed by atoms with Crippen LogP contribution < -0.4 is 10.4 Å². The second-order valence-electron chi connectivity index (χ2n) is 5.63. The van der Waals surface area contributed by atoms with Crippen molar-refractivity contribution in [3.8, 4) is 0 Å². The number of nitrogens with zero attached hydrogens (tertiary/aromatic N) is 1. The molecule has 0 aliphatic rings. The zero-order valence-electron chi connectivity index (χ0n) is 14.3. The average Bonchev–Trinajstić information content (AvgIpc) is 2.52. The number of amides is 1. The number of carbonyl (C=O) groups is 2. The molecule has 24 heavy (non-hydrogen) atoms. The first-order valence-electron chi connectivity index (χ1n) is 7.77. The molecule has 0 unspecified atom stereocenters. The first kappa shape index (κ1) is 20.1. The number of hydrogen-bond acceptors (Lipinski definition) is 5. The van der Waals surface area contributed by atoms with Crippen LogP contribution in [0.15, 0.2) is 29.2 Å². The molecule has 1 aromatic carbocycles. The number of carboxylic acids is 1. The van der Waals surface area contributed by atoms with Crippen LogP contribution in [-0.2, 0) is 14.8 Å². The van der Waals surface area contributed by atoms with Crippen LogP contribution in [-0.4, -0.2) is 43.7 Å². The molecule has 0 heterocycles. The van der Waals surface area contributed by atoms with Gasteiger partial charge in [0.05, 0.1) is 16.9 Å². The molecule has 0 fully saturated rings. The second kappa shape index (κ2) is 8.25. The molecule has 1 atom stereocenters. The molecule has 1 N–H and O–H groups in total. The molecule has 1 rings (SSSR count). The van der Waals surface area contributed by atoms with E-state index in [0.29, 0.717) is 13.1 Å². The Bertz CT molecular complexity index is 696. The van der Waals surface area contributed by atoms with Crippen molar-refractivity contribution in [2.45, 2.75) is 38.6 Å². The zero-order chi connectivity index (χ0) is 18.5. The summed E-state index contributed by atoms with van der Waals surface area (Å²) in [5, 5.41) is 13.4. The molecule has 0 saturated carbocycles. The van der Waals surface area contributed by atoms with Crippen LogP contribution >= 0.6 is 0 Å². The topological polar surface area (TPSA) is 107 Å². The highest BCUT2D eigenvalue weighted by atomic mass is 32.2. The Morgan fingerprint density at radius 1 is 1.21 bits per heavy atom. The summed E-state index contributed by atoms with van der Waals surface area (Å²) in [4.78, 5) is 23.3. The van der Waals surface area contributed by atoms with Gasteiger partial charge in [0.25, 0.3) is 5.91 Å². The molecule has 134 valence electrons. The Morgan fingerprint density at radius 3 is 2.25 bits per heavy atom. The maximum atomic E-state index is 12.5. The van der Waals surface area contributed by atoms with E-state index in [1.807, 2.05) is 0 Å². The highest BCUT2D eigenvalue weighted by molar-refractivity contribution is 7.89. The Morgan fingerprint density at radius 2 is 1.79 bits per heavy atom. The smallest absolute Gasteiger partial charge is 0.251 e. The van der Waals surface area contributed by atoms with Gasteiger partial charge in [-0.1, -0.05) is 33.8 Å². The minimum Gasteiger partial charge on any atom is -0.548 e. The second-order valence-corrected chi connectivity index (χ2v) is 7.57. The maximum Gasteiger partial charge on any atom is 0.251 e. The van der Waals surface area contributed by atoms with Crippen molar-refractivity contribution >= 4 is 21.9 Å². The fraction of sp³-hybridized carbons (Fsp3) is 0.500. The van der Waals surface area contributed by atoms with Gasteiger partial charge < -0.3 is 15.2 Å². The third kappa shape index (κ3) is 4.55. The molecule has 1 amide bonds. The monoisotopic (exact) mass is 355 g/mol. The van der Waals surface area contributed by atoms with Gasteiger partial charge in [0.2, 0.25) is 10.0 Å². The van der Waals surface area contributed by atoms with E-state index < -0.39 is 27.9 Å². The van der Waals surface area contributed by atoms with Crippen molar-refractivity contribution in [1.29, 1.82) is 0 Å². The van der Waals surface area contributed by atoms with Crippen LogP contribution in [0.1, 0.15) is 38.1 Å². The Hall–Kier alpha value is -1.93. The van der Waals surface area contributed by atoms with Crippen molar-refractivity contribution in [2.75, 3.05) is 13.1 Å². The molecular formula is C16H23N2O5S-. The van der Waals surface area contributed by atoms with Crippen molar-refractivity contribution in [2.24, 2.45) is 5.92 Å². The van der Waals surface area contributed by atoms with E-state index in [9.17, 15) is 23.1 Å². The number of nitrogens with one attached hydrogen (secondary N) is 1. The van der Waals surface area contributed by atoms with Gasteiger partial charge in [0.15, 0.2) is 0 Å². The Labute approximate surface area is 142 Å². The number of carbonyl (C=O) groups excluding carboxylic acids is 2. The summed E-state index contributed by atoms with van der Waals surface area (Å²) in [7, 11) is -3.69. The SMILES string of the molecule is CCN(CC)S(=O)(=O)c1cccc(C(=O)N[C@H](C(=O)[O-])C(C)C)c1. The number of hydrogen-bond donors (Lipinski definition) is 1. The van der Waals surface area contributed by atoms with E-state index in [0.717, 1.165) is 0 Å². The molecule has 0 aliphatic carbocycles. The lowest BCUT2D eigenvalue weighted by Crippen LogP contribution is -2.50. The molecule has 0 aliphatic heterocycles. The van der Waals surface area contributed by atoms with Crippen LogP contribution in [0.4, 0.5) is 0 Å². The third-order valence-electron chi connectivity index (χ3n) is 3.65. The van der Waals surface area contributed by atoms with Gasteiger partial charge in [-0.15, -0.1) is 0 Å². The summed E-state index contributed by atoms with van der Waals surface area (Å²) in [5.41, 5.74) is 0.0788. The van der Waals surface area contributed by atoms with Crippen molar-refractivity contribution in [3.63, 3.8) is 0 Å². The van der Waals surface area contributed by atoms with Crippen LogP contribution in [0.3, 0.4) is 0 Å². The Kier molecular flexibility index (Phi) is 6.92. The van der Waals surface area contributed by atoms with Crippen molar-refractivity contribution in [1.82, 2.24) is 9.62 Å². The lowest BCUT2D eigenvalue weighted by atomic mass is 10.0. The molecule has 8 heteroatoms. The normalized spacial score (nSPS) is 13.1. The van der Waals surface area contributed by atoms with E-state index in [2.05, 4.69) is 5.32 Å². The minimum absolute atomic E-state index is 0.00611. The highest BCUT2D eigenvalue weighted by Gasteiger charge is 2.23. The summed E-state index contributed by atoms with van der Waals surface area (Å²) in [6.07, 6.45) is 0. The van der Waals surface area contributed by atoms with Gasteiger partial charge in [0, 0.05) is 18.7 Å². The predicted octanol–water partition coefficient (Wildman–Crippen LogP) is 0.221. The minimum atomic E-state index is -3.69. The standard InChI is InChI=1S/C16H24N2O5S/c1-5-18(6-2)24(22,23)13-9-7-8-12(10-13)15(19)17-14(11(3)4)16(20)21/h7-11,14H,5-6H2,1-4H3,(H,17,19)(H,20,21)/p-1/t14-/m0/s1. The van der Waals surface area contributed by atoms with Gasteiger partial charge in [-0.3, -0.25) is 4.79 Å². The number of sulfonamides is 1. The quantitative estimate of drug-likeness (QED) is 0.718. The lowest BCUT2D eigenvalue weighted by molar-refractivity contribution is -0.309. The van der Waals surface area contributed by atoms with E-state index >= 15 is 0 Å². The summed E-state index contributed by atoms with van der Waals surface area (Å²) < 4.78 is 26.3. The first-order valence-corrected chi connectivity index (χ1v) is 9.21.